The van der Waals surface area contributed by atoms with E-state index in [-0.39, 0.29) is 5.38 Å². The first-order chi connectivity index (χ1) is 4.70. The van der Waals surface area contributed by atoms with Crippen LogP contribution in [-0.4, -0.2) is 5.38 Å². The minimum absolute atomic E-state index is 0.0584. The third-order valence-corrected chi connectivity index (χ3v) is 2.13. The molecule has 0 amide bonds. The van der Waals surface area contributed by atoms with Gasteiger partial charge in [-0.2, -0.15) is 0 Å². The molecule has 0 heterocycles. The molecule has 0 nitrogen and oxygen atoms in total. The summed E-state index contributed by atoms with van der Waals surface area (Å²) < 4.78 is 1.13. The maximum atomic E-state index is 5.86. The maximum absolute atomic E-state index is 5.86. The molecule has 0 fully saturated rings. The van der Waals surface area contributed by atoms with Gasteiger partial charge >= 0.3 is 0 Å². The number of alkyl halides is 1. The second-order valence-corrected chi connectivity index (χ2v) is 3.46. The van der Waals surface area contributed by atoms with Crippen LogP contribution in [-0.2, 0) is 0 Å². The Bertz CT molecular complexity index is 138. The number of allylic oxidation sites excluding steroid dienone is 4. The topological polar surface area (TPSA) is 0 Å². The van der Waals surface area contributed by atoms with Crippen LogP contribution >= 0.6 is 27.5 Å². The van der Waals surface area contributed by atoms with Gasteiger partial charge in [-0.25, -0.2) is 0 Å². The van der Waals surface area contributed by atoms with Crippen molar-refractivity contribution in [3.05, 3.63) is 29.6 Å². The first-order valence-corrected chi connectivity index (χ1v) is 4.34. The van der Waals surface area contributed by atoms with Crippen LogP contribution < -0.4 is 0 Å². The molecule has 0 saturated carbocycles. The van der Waals surface area contributed by atoms with E-state index in [9.17, 15) is 0 Å². The molecule has 1 unspecified atom stereocenters. The SMILES string of the molecule is [CH2]C=CC(Cl)CC(Br)=CC. The Balaban J connectivity index is 3.68. The van der Waals surface area contributed by atoms with Gasteiger partial charge in [0.2, 0.25) is 0 Å². The second kappa shape index (κ2) is 5.99. The highest BCUT2D eigenvalue weighted by Crippen LogP contribution is 2.16. The molecule has 0 N–H and O–H groups in total. The fraction of sp³-hybridized carbons (Fsp3) is 0.375. The van der Waals surface area contributed by atoms with Gasteiger partial charge in [0.1, 0.15) is 0 Å². The monoisotopic (exact) mass is 221 g/mol. The highest BCUT2D eigenvalue weighted by Gasteiger charge is 1.99. The van der Waals surface area contributed by atoms with Crippen LogP contribution in [0.4, 0.5) is 0 Å². The molecule has 1 radical (unpaired) electrons. The third kappa shape index (κ3) is 5.07. The van der Waals surface area contributed by atoms with Crippen molar-refractivity contribution < 1.29 is 0 Å². The highest BCUT2D eigenvalue weighted by molar-refractivity contribution is 9.11. The minimum atomic E-state index is 0.0584. The van der Waals surface area contributed by atoms with Crippen LogP contribution in [0, 0.1) is 6.92 Å². The molecule has 0 rings (SSSR count). The summed E-state index contributed by atoms with van der Waals surface area (Å²) >= 11 is 9.23. The van der Waals surface area contributed by atoms with Gasteiger partial charge in [0.15, 0.2) is 0 Å². The molecular formula is C8H11BrCl. The van der Waals surface area contributed by atoms with Gasteiger partial charge in [-0.3, -0.25) is 0 Å². The van der Waals surface area contributed by atoms with E-state index in [1.807, 2.05) is 19.1 Å². The Kier molecular flexibility index (Phi) is 6.14. The first-order valence-electron chi connectivity index (χ1n) is 3.11. The van der Waals surface area contributed by atoms with Crippen LogP contribution in [0.25, 0.3) is 0 Å². The minimum Gasteiger partial charge on any atom is -0.118 e. The lowest BCUT2D eigenvalue weighted by molar-refractivity contribution is 1.05. The summed E-state index contributed by atoms with van der Waals surface area (Å²) in [4.78, 5) is 0. The van der Waals surface area contributed by atoms with Crippen molar-refractivity contribution >= 4 is 27.5 Å². The lowest BCUT2D eigenvalue weighted by Gasteiger charge is -2.00. The van der Waals surface area contributed by atoms with E-state index in [1.165, 1.54) is 0 Å². The maximum Gasteiger partial charge on any atom is 0.0561 e. The van der Waals surface area contributed by atoms with E-state index < -0.39 is 0 Å². The number of hydrogen-bond acceptors (Lipinski definition) is 0. The summed E-state index contributed by atoms with van der Waals surface area (Å²) in [6.07, 6.45) is 6.41. The zero-order valence-electron chi connectivity index (χ0n) is 5.98. The van der Waals surface area contributed by atoms with Crippen molar-refractivity contribution in [1.29, 1.82) is 0 Å². The van der Waals surface area contributed by atoms with E-state index in [2.05, 4.69) is 22.9 Å². The van der Waals surface area contributed by atoms with Crippen molar-refractivity contribution in [3.8, 4) is 0 Å². The van der Waals surface area contributed by atoms with Crippen molar-refractivity contribution in [2.24, 2.45) is 0 Å². The Hall–Kier alpha value is 0.250. The normalized spacial score (nSPS) is 16.2. The zero-order chi connectivity index (χ0) is 7.98. The first kappa shape index (κ1) is 10.2. The van der Waals surface area contributed by atoms with Crippen molar-refractivity contribution in [3.63, 3.8) is 0 Å². The Morgan fingerprint density at radius 3 is 2.80 bits per heavy atom. The summed E-state index contributed by atoms with van der Waals surface area (Å²) in [6, 6.07) is 0. The Morgan fingerprint density at radius 1 is 1.80 bits per heavy atom. The van der Waals surface area contributed by atoms with Gasteiger partial charge in [-0.1, -0.05) is 34.2 Å². The molecule has 0 aromatic rings. The van der Waals surface area contributed by atoms with Crippen LogP contribution in [0.15, 0.2) is 22.7 Å². The standard InChI is InChI=1S/C8H11BrCl/c1-3-5-8(10)6-7(9)4-2/h3-5,8H,1,6H2,2H3. The lowest BCUT2D eigenvalue weighted by Crippen LogP contribution is -1.91. The number of halogens is 2. The van der Waals surface area contributed by atoms with Crippen LogP contribution in [0.5, 0.6) is 0 Å². The van der Waals surface area contributed by atoms with E-state index >= 15 is 0 Å². The molecular weight excluding hydrogens is 211 g/mol. The Labute approximate surface area is 76.1 Å². The van der Waals surface area contributed by atoms with E-state index in [4.69, 9.17) is 11.6 Å². The molecule has 1 atom stereocenters. The summed E-state index contributed by atoms with van der Waals surface area (Å²) in [6.45, 7) is 5.53. The van der Waals surface area contributed by atoms with Crippen molar-refractivity contribution in [1.82, 2.24) is 0 Å². The molecule has 0 aliphatic heterocycles. The average molecular weight is 223 g/mol. The molecule has 0 aromatic carbocycles. The molecule has 10 heavy (non-hydrogen) atoms. The largest absolute Gasteiger partial charge is 0.118 e. The van der Waals surface area contributed by atoms with Gasteiger partial charge < -0.3 is 0 Å². The van der Waals surface area contributed by atoms with Gasteiger partial charge in [0.25, 0.3) is 0 Å². The highest BCUT2D eigenvalue weighted by atomic mass is 79.9. The molecule has 0 aliphatic rings. The predicted molar refractivity (Wildman–Crippen MR) is 51.4 cm³/mol. The Morgan fingerprint density at radius 2 is 2.40 bits per heavy atom. The molecule has 2 heteroatoms. The molecule has 57 valence electrons. The van der Waals surface area contributed by atoms with Crippen LogP contribution in [0.3, 0.4) is 0 Å². The molecule has 0 aromatic heterocycles. The number of rotatable bonds is 3. The molecule has 0 bridgehead atoms. The average Bonchev–Trinajstić information content (AvgIpc) is 1.88. The van der Waals surface area contributed by atoms with E-state index in [1.54, 1.807) is 6.08 Å². The molecule has 0 saturated heterocycles. The van der Waals surface area contributed by atoms with Crippen LogP contribution in [0.1, 0.15) is 13.3 Å². The second-order valence-electron chi connectivity index (χ2n) is 1.88. The molecule has 0 spiro atoms. The van der Waals surface area contributed by atoms with Crippen LogP contribution in [0.2, 0.25) is 0 Å². The van der Waals surface area contributed by atoms with Gasteiger partial charge in [0.05, 0.1) is 5.38 Å². The fourth-order valence-electron chi connectivity index (χ4n) is 0.520. The van der Waals surface area contributed by atoms with E-state index in [0.717, 1.165) is 10.9 Å². The van der Waals surface area contributed by atoms with Gasteiger partial charge in [-0.05, 0) is 24.8 Å². The predicted octanol–water partition coefficient (Wildman–Crippen LogP) is 3.67. The summed E-state index contributed by atoms with van der Waals surface area (Å²) in [7, 11) is 0. The summed E-state index contributed by atoms with van der Waals surface area (Å²) in [5, 5.41) is 0.0584. The summed E-state index contributed by atoms with van der Waals surface area (Å²) in [5.74, 6) is 0. The van der Waals surface area contributed by atoms with E-state index in [0.29, 0.717) is 0 Å². The fourth-order valence-corrected chi connectivity index (χ4v) is 1.32. The summed E-state index contributed by atoms with van der Waals surface area (Å²) in [5.41, 5.74) is 0. The third-order valence-electron chi connectivity index (χ3n) is 1.05. The quantitative estimate of drug-likeness (QED) is 0.639. The van der Waals surface area contributed by atoms with Gasteiger partial charge in [0, 0.05) is 0 Å². The van der Waals surface area contributed by atoms with Gasteiger partial charge in [-0.15, -0.1) is 11.6 Å². The lowest BCUT2D eigenvalue weighted by atomic mass is 10.2. The van der Waals surface area contributed by atoms with Crippen molar-refractivity contribution in [2.75, 3.05) is 0 Å². The zero-order valence-corrected chi connectivity index (χ0v) is 8.32. The number of hydrogen-bond donors (Lipinski definition) is 0. The van der Waals surface area contributed by atoms with Crippen molar-refractivity contribution in [2.45, 2.75) is 18.7 Å². The smallest absolute Gasteiger partial charge is 0.0561 e. The molecule has 0 aliphatic carbocycles.